The van der Waals surface area contributed by atoms with Gasteiger partial charge in [-0.05, 0) is 25.1 Å². The first-order valence-corrected chi connectivity index (χ1v) is 5.28. The van der Waals surface area contributed by atoms with Crippen molar-refractivity contribution in [3.63, 3.8) is 0 Å². The van der Waals surface area contributed by atoms with Crippen LogP contribution in [0.3, 0.4) is 0 Å². The molecular formula is C13H11NO4. The van der Waals surface area contributed by atoms with Gasteiger partial charge in [0.1, 0.15) is 11.5 Å². The van der Waals surface area contributed by atoms with E-state index in [1.807, 2.05) is 19.1 Å². The molecule has 18 heavy (non-hydrogen) atoms. The summed E-state index contributed by atoms with van der Waals surface area (Å²) in [6.45, 7) is 1.96. The SMILES string of the molecule is Cc1ccc(Oc2ccc([N+](=O)[O-])c(O)c2)cc1. The molecule has 0 atom stereocenters. The van der Waals surface area contributed by atoms with E-state index in [1.165, 1.54) is 18.2 Å². The summed E-state index contributed by atoms with van der Waals surface area (Å²) in [5.74, 6) is 0.542. The van der Waals surface area contributed by atoms with Gasteiger partial charge in [-0.2, -0.15) is 0 Å². The van der Waals surface area contributed by atoms with Crippen molar-refractivity contribution >= 4 is 5.69 Å². The first-order valence-electron chi connectivity index (χ1n) is 5.28. The quantitative estimate of drug-likeness (QED) is 0.664. The van der Waals surface area contributed by atoms with Crippen LogP contribution in [0.15, 0.2) is 42.5 Å². The monoisotopic (exact) mass is 245 g/mol. The van der Waals surface area contributed by atoms with Crippen molar-refractivity contribution in [2.24, 2.45) is 0 Å². The lowest BCUT2D eigenvalue weighted by molar-refractivity contribution is -0.385. The van der Waals surface area contributed by atoms with E-state index in [0.29, 0.717) is 11.5 Å². The number of nitro groups is 1. The normalized spacial score (nSPS) is 10.1. The second-order valence-electron chi connectivity index (χ2n) is 3.82. The van der Waals surface area contributed by atoms with Crippen molar-refractivity contribution in [1.29, 1.82) is 0 Å². The highest BCUT2D eigenvalue weighted by atomic mass is 16.6. The van der Waals surface area contributed by atoms with Gasteiger partial charge in [0.2, 0.25) is 0 Å². The lowest BCUT2D eigenvalue weighted by Gasteiger charge is -2.06. The Kier molecular flexibility index (Phi) is 3.14. The van der Waals surface area contributed by atoms with E-state index in [0.717, 1.165) is 5.56 Å². The van der Waals surface area contributed by atoms with Crippen LogP contribution in [0.5, 0.6) is 17.2 Å². The summed E-state index contributed by atoms with van der Waals surface area (Å²) in [5.41, 5.74) is 0.764. The molecule has 0 saturated heterocycles. The van der Waals surface area contributed by atoms with Crippen LogP contribution < -0.4 is 4.74 Å². The van der Waals surface area contributed by atoms with Crippen molar-refractivity contribution < 1.29 is 14.8 Å². The molecule has 0 fully saturated rings. The fraction of sp³-hybridized carbons (Fsp3) is 0.0769. The Morgan fingerprint density at radius 2 is 1.72 bits per heavy atom. The molecule has 2 rings (SSSR count). The van der Waals surface area contributed by atoms with Crippen molar-refractivity contribution in [1.82, 2.24) is 0 Å². The first-order chi connectivity index (χ1) is 8.56. The minimum Gasteiger partial charge on any atom is -0.502 e. The van der Waals surface area contributed by atoms with Crippen LogP contribution in [0, 0.1) is 17.0 Å². The number of aryl methyl sites for hydroxylation is 1. The van der Waals surface area contributed by atoms with Crippen LogP contribution in [-0.2, 0) is 0 Å². The number of phenols is 1. The van der Waals surface area contributed by atoms with E-state index in [1.54, 1.807) is 12.1 Å². The molecule has 1 N–H and O–H groups in total. The van der Waals surface area contributed by atoms with Gasteiger partial charge in [-0.15, -0.1) is 0 Å². The second-order valence-corrected chi connectivity index (χ2v) is 3.82. The molecule has 0 aliphatic heterocycles. The molecule has 0 radical (unpaired) electrons. The number of benzene rings is 2. The van der Waals surface area contributed by atoms with Crippen molar-refractivity contribution in [3.05, 3.63) is 58.1 Å². The van der Waals surface area contributed by atoms with Crippen molar-refractivity contribution in [3.8, 4) is 17.2 Å². The Morgan fingerprint density at radius 1 is 1.11 bits per heavy atom. The van der Waals surface area contributed by atoms with Gasteiger partial charge in [-0.3, -0.25) is 10.1 Å². The highest BCUT2D eigenvalue weighted by Crippen LogP contribution is 2.31. The first kappa shape index (κ1) is 11.9. The summed E-state index contributed by atoms with van der Waals surface area (Å²) in [5, 5.41) is 20.0. The van der Waals surface area contributed by atoms with Crippen LogP contribution in [0.1, 0.15) is 5.56 Å². The molecule has 5 nitrogen and oxygen atoms in total. The van der Waals surface area contributed by atoms with E-state index in [9.17, 15) is 15.2 Å². The third-order valence-corrected chi connectivity index (χ3v) is 2.40. The van der Waals surface area contributed by atoms with E-state index in [-0.39, 0.29) is 5.69 Å². The van der Waals surface area contributed by atoms with Crippen molar-refractivity contribution in [2.45, 2.75) is 6.92 Å². The Balaban J connectivity index is 2.22. The summed E-state index contributed by atoms with van der Waals surface area (Å²) in [7, 11) is 0. The standard InChI is InChI=1S/C13H11NO4/c1-9-2-4-10(5-3-9)18-11-6-7-12(14(16)17)13(15)8-11/h2-8,15H,1H3. The third kappa shape index (κ3) is 2.57. The number of hydrogen-bond acceptors (Lipinski definition) is 4. The largest absolute Gasteiger partial charge is 0.502 e. The summed E-state index contributed by atoms with van der Waals surface area (Å²) in [6.07, 6.45) is 0. The number of ether oxygens (including phenoxy) is 1. The van der Waals surface area contributed by atoms with Crippen LogP contribution in [0.25, 0.3) is 0 Å². The summed E-state index contributed by atoms with van der Waals surface area (Å²) in [4.78, 5) is 9.89. The topological polar surface area (TPSA) is 72.6 Å². The predicted octanol–water partition coefficient (Wildman–Crippen LogP) is 3.40. The van der Waals surface area contributed by atoms with Gasteiger partial charge in [-0.25, -0.2) is 0 Å². The minimum atomic E-state index is -0.648. The van der Waals surface area contributed by atoms with Crippen LogP contribution in [0.2, 0.25) is 0 Å². The van der Waals surface area contributed by atoms with Crippen molar-refractivity contribution in [2.75, 3.05) is 0 Å². The van der Waals surface area contributed by atoms with Gasteiger partial charge in [-0.1, -0.05) is 17.7 Å². The maximum absolute atomic E-state index is 10.5. The van der Waals surface area contributed by atoms with Crippen LogP contribution in [0.4, 0.5) is 5.69 Å². The van der Waals surface area contributed by atoms with E-state index < -0.39 is 10.7 Å². The van der Waals surface area contributed by atoms with E-state index in [4.69, 9.17) is 4.74 Å². The van der Waals surface area contributed by atoms with Gasteiger partial charge >= 0.3 is 5.69 Å². The zero-order valence-corrected chi connectivity index (χ0v) is 9.66. The molecule has 0 aliphatic rings. The van der Waals surface area contributed by atoms with Crippen LogP contribution >= 0.6 is 0 Å². The van der Waals surface area contributed by atoms with Gasteiger partial charge in [0, 0.05) is 12.1 Å². The molecule has 0 aliphatic carbocycles. The average molecular weight is 245 g/mol. The molecule has 5 heteroatoms. The minimum absolute atomic E-state index is 0.341. The molecule has 0 saturated carbocycles. The molecule has 0 spiro atoms. The highest BCUT2D eigenvalue weighted by Gasteiger charge is 2.13. The molecule has 0 unspecified atom stereocenters. The van der Waals surface area contributed by atoms with Gasteiger partial charge in [0.05, 0.1) is 4.92 Å². The summed E-state index contributed by atoms with van der Waals surface area (Å²) in [6, 6.07) is 11.2. The molecule has 0 bridgehead atoms. The average Bonchev–Trinajstić information content (AvgIpc) is 2.32. The van der Waals surface area contributed by atoms with Gasteiger partial charge in [0.15, 0.2) is 5.75 Å². The molecule has 2 aromatic rings. The second kappa shape index (κ2) is 4.75. The Morgan fingerprint density at radius 3 is 2.28 bits per heavy atom. The van der Waals surface area contributed by atoms with E-state index in [2.05, 4.69) is 0 Å². The maximum Gasteiger partial charge on any atom is 0.310 e. The number of nitro benzene ring substituents is 1. The fourth-order valence-electron chi connectivity index (χ4n) is 1.46. The fourth-order valence-corrected chi connectivity index (χ4v) is 1.46. The Bertz CT molecular complexity index is 578. The van der Waals surface area contributed by atoms with Gasteiger partial charge in [0.25, 0.3) is 0 Å². The number of aromatic hydroxyl groups is 1. The molecule has 0 heterocycles. The zero-order chi connectivity index (χ0) is 13.1. The molecule has 2 aromatic carbocycles. The Hall–Kier alpha value is -2.56. The lowest BCUT2D eigenvalue weighted by atomic mass is 10.2. The van der Waals surface area contributed by atoms with Crippen LogP contribution in [-0.4, -0.2) is 10.0 Å². The van der Waals surface area contributed by atoms with E-state index >= 15 is 0 Å². The third-order valence-electron chi connectivity index (χ3n) is 2.40. The summed E-state index contributed by atoms with van der Waals surface area (Å²) < 4.78 is 5.47. The molecule has 0 aromatic heterocycles. The number of rotatable bonds is 3. The number of nitrogens with zero attached hydrogens (tertiary/aromatic N) is 1. The summed E-state index contributed by atoms with van der Waals surface area (Å²) >= 11 is 0. The predicted molar refractivity (Wildman–Crippen MR) is 66.0 cm³/mol. The van der Waals surface area contributed by atoms with Gasteiger partial charge < -0.3 is 9.84 Å². The molecular weight excluding hydrogens is 234 g/mol. The number of hydrogen-bond donors (Lipinski definition) is 1. The number of phenolic OH excluding ortho intramolecular Hbond substituents is 1. The molecule has 92 valence electrons. The Labute approximate surface area is 103 Å². The highest BCUT2D eigenvalue weighted by molar-refractivity contribution is 5.50. The zero-order valence-electron chi connectivity index (χ0n) is 9.66. The maximum atomic E-state index is 10.5. The lowest BCUT2D eigenvalue weighted by Crippen LogP contribution is -1.89. The smallest absolute Gasteiger partial charge is 0.310 e. The molecule has 0 amide bonds.